The smallest absolute Gasteiger partial charge is 0.129 e. The molecule has 2 unspecified atom stereocenters. The summed E-state index contributed by atoms with van der Waals surface area (Å²) >= 11 is 0. The van der Waals surface area contributed by atoms with Crippen molar-refractivity contribution in [3.05, 3.63) is 23.4 Å². The number of pyridine rings is 1. The zero-order chi connectivity index (χ0) is 10.0. The maximum absolute atomic E-state index is 9.40. The van der Waals surface area contributed by atoms with E-state index in [4.69, 9.17) is 5.73 Å². The van der Waals surface area contributed by atoms with Crippen molar-refractivity contribution < 1.29 is 10.2 Å². The fourth-order valence-electron chi connectivity index (χ4n) is 1.32. The lowest BCUT2D eigenvalue weighted by atomic mass is 10.0. The molecular weight excluding hydrogens is 168 g/mol. The summed E-state index contributed by atoms with van der Waals surface area (Å²) in [6.45, 7) is 3.22. The topological polar surface area (TPSA) is 79.4 Å². The van der Waals surface area contributed by atoms with Crippen molar-refractivity contribution >= 4 is 5.82 Å². The van der Waals surface area contributed by atoms with E-state index in [1.54, 1.807) is 19.9 Å². The first-order valence-electron chi connectivity index (χ1n) is 4.14. The van der Waals surface area contributed by atoms with Crippen molar-refractivity contribution in [3.8, 4) is 0 Å². The number of nitrogens with two attached hydrogens (primary N) is 1. The second-order valence-corrected chi connectivity index (χ2v) is 3.05. The molecule has 1 heterocycles. The largest absolute Gasteiger partial charge is 0.389 e. The van der Waals surface area contributed by atoms with Crippen molar-refractivity contribution in [2.75, 3.05) is 5.73 Å². The molecule has 4 nitrogen and oxygen atoms in total. The standard InChI is InChI=1S/C9H14N2O2/c1-5(12)7-3-4-11-9(10)8(7)6(2)13/h3-6,12-13H,1-2H3,(H2,10,11). The van der Waals surface area contributed by atoms with Gasteiger partial charge in [-0.15, -0.1) is 0 Å². The molecule has 0 saturated heterocycles. The lowest BCUT2D eigenvalue weighted by Crippen LogP contribution is -2.07. The van der Waals surface area contributed by atoms with E-state index in [2.05, 4.69) is 4.98 Å². The summed E-state index contributed by atoms with van der Waals surface area (Å²) in [5.74, 6) is 0.272. The van der Waals surface area contributed by atoms with Crippen LogP contribution in [0.25, 0.3) is 0 Å². The quantitative estimate of drug-likeness (QED) is 0.631. The minimum absolute atomic E-state index is 0.272. The van der Waals surface area contributed by atoms with Gasteiger partial charge in [0.2, 0.25) is 0 Å². The van der Waals surface area contributed by atoms with Gasteiger partial charge in [0.05, 0.1) is 12.2 Å². The van der Waals surface area contributed by atoms with E-state index in [1.165, 1.54) is 6.20 Å². The van der Waals surface area contributed by atoms with Crippen LogP contribution in [0.15, 0.2) is 12.3 Å². The van der Waals surface area contributed by atoms with Gasteiger partial charge in [0.1, 0.15) is 5.82 Å². The predicted octanol–water partition coefficient (Wildman–Crippen LogP) is 0.770. The third kappa shape index (κ3) is 1.96. The summed E-state index contributed by atoms with van der Waals surface area (Å²) in [5, 5.41) is 18.8. The van der Waals surface area contributed by atoms with Gasteiger partial charge in [-0.25, -0.2) is 4.98 Å². The van der Waals surface area contributed by atoms with Crippen molar-refractivity contribution in [1.82, 2.24) is 4.98 Å². The van der Waals surface area contributed by atoms with Gasteiger partial charge in [0, 0.05) is 11.8 Å². The highest BCUT2D eigenvalue weighted by Gasteiger charge is 2.15. The van der Waals surface area contributed by atoms with Crippen LogP contribution in [0.2, 0.25) is 0 Å². The summed E-state index contributed by atoms with van der Waals surface area (Å²) in [5.41, 5.74) is 6.72. The highest BCUT2D eigenvalue weighted by atomic mass is 16.3. The second-order valence-electron chi connectivity index (χ2n) is 3.05. The first kappa shape index (κ1) is 9.95. The molecule has 0 aliphatic rings. The Morgan fingerprint density at radius 2 is 1.92 bits per heavy atom. The van der Waals surface area contributed by atoms with Crippen LogP contribution in [0, 0.1) is 0 Å². The predicted molar refractivity (Wildman–Crippen MR) is 49.9 cm³/mol. The summed E-state index contributed by atoms with van der Waals surface area (Å²) in [6.07, 6.45) is 0.164. The molecule has 0 amide bonds. The molecule has 1 rings (SSSR count). The Bertz CT molecular complexity index is 298. The van der Waals surface area contributed by atoms with Gasteiger partial charge in [-0.05, 0) is 25.5 Å². The van der Waals surface area contributed by atoms with Gasteiger partial charge >= 0.3 is 0 Å². The molecule has 4 N–H and O–H groups in total. The van der Waals surface area contributed by atoms with Crippen LogP contribution in [-0.2, 0) is 0 Å². The number of rotatable bonds is 2. The van der Waals surface area contributed by atoms with Crippen LogP contribution >= 0.6 is 0 Å². The summed E-state index contributed by atoms with van der Waals surface area (Å²) in [4.78, 5) is 3.85. The Balaban J connectivity index is 3.26. The number of hydrogen-bond donors (Lipinski definition) is 3. The van der Waals surface area contributed by atoms with Crippen LogP contribution in [0.5, 0.6) is 0 Å². The Labute approximate surface area is 77.0 Å². The number of aliphatic hydroxyl groups excluding tert-OH is 2. The van der Waals surface area contributed by atoms with Crippen LogP contribution in [0.4, 0.5) is 5.82 Å². The third-order valence-corrected chi connectivity index (χ3v) is 1.92. The highest BCUT2D eigenvalue weighted by Crippen LogP contribution is 2.26. The number of aliphatic hydroxyl groups is 2. The zero-order valence-corrected chi connectivity index (χ0v) is 7.73. The maximum atomic E-state index is 9.40. The average molecular weight is 182 g/mol. The number of anilines is 1. The van der Waals surface area contributed by atoms with E-state index < -0.39 is 12.2 Å². The molecule has 0 spiro atoms. The fraction of sp³-hybridized carbons (Fsp3) is 0.444. The first-order valence-corrected chi connectivity index (χ1v) is 4.14. The summed E-state index contributed by atoms with van der Waals surface area (Å²) in [7, 11) is 0. The van der Waals surface area contributed by atoms with E-state index in [9.17, 15) is 10.2 Å². The Kier molecular flexibility index (Phi) is 2.85. The molecule has 0 saturated carbocycles. The molecular formula is C9H14N2O2. The second kappa shape index (κ2) is 3.72. The normalized spacial score (nSPS) is 15.4. The van der Waals surface area contributed by atoms with E-state index >= 15 is 0 Å². The SMILES string of the molecule is CC(O)c1ccnc(N)c1C(C)O. The van der Waals surface area contributed by atoms with Crippen molar-refractivity contribution in [2.45, 2.75) is 26.1 Å². The van der Waals surface area contributed by atoms with Crippen LogP contribution in [0.1, 0.15) is 37.2 Å². The van der Waals surface area contributed by atoms with Crippen LogP contribution in [-0.4, -0.2) is 15.2 Å². The van der Waals surface area contributed by atoms with E-state index in [-0.39, 0.29) is 5.82 Å². The molecule has 0 fully saturated rings. The van der Waals surface area contributed by atoms with Gasteiger partial charge in [0.15, 0.2) is 0 Å². The molecule has 0 radical (unpaired) electrons. The zero-order valence-electron chi connectivity index (χ0n) is 7.73. The minimum atomic E-state index is -0.710. The van der Waals surface area contributed by atoms with Crippen LogP contribution < -0.4 is 5.73 Å². The minimum Gasteiger partial charge on any atom is -0.389 e. The van der Waals surface area contributed by atoms with Crippen LogP contribution in [0.3, 0.4) is 0 Å². The van der Waals surface area contributed by atoms with Gasteiger partial charge < -0.3 is 15.9 Å². The molecule has 0 aliphatic carbocycles. The molecule has 2 atom stereocenters. The highest BCUT2D eigenvalue weighted by molar-refractivity contribution is 5.46. The fourth-order valence-corrected chi connectivity index (χ4v) is 1.32. The molecule has 13 heavy (non-hydrogen) atoms. The molecule has 0 aromatic carbocycles. The molecule has 0 bridgehead atoms. The lowest BCUT2D eigenvalue weighted by molar-refractivity contribution is 0.175. The molecule has 0 aliphatic heterocycles. The van der Waals surface area contributed by atoms with Gasteiger partial charge in [-0.3, -0.25) is 0 Å². The van der Waals surface area contributed by atoms with Gasteiger partial charge in [0.25, 0.3) is 0 Å². The van der Waals surface area contributed by atoms with E-state index in [0.29, 0.717) is 11.1 Å². The van der Waals surface area contributed by atoms with Gasteiger partial charge in [-0.1, -0.05) is 0 Å². The van der Waals surface area contributed by atoms with Crippen molar-refractivity contribution in [2.24, 2.45) is 0 Å². The van der Waals surface area contributed by atoms with E-state index in [0.717, 1.165) is 0 Å². The van der Waals surface area contributed by atoms with Crippen molar-refractivity contribution in [1.29, 1.82) is 0 Å². The van der Waals surface area contributed by atoms with E-state index in [1.807, 2.05) is 0 Å². The Morgan fingerprint density at radius 1 is 1.31 bits per heavy atom. The lowest BCUT2D eigenvalue weighted by Gasteiger charge is -2.15. The third-order valence-electron chi connectivity index (χ3n) is 1.92. The first-order chi connectivity index (χ1) is 6.04. The number of nitrogens with zero attached hydrogens (tertiary/aromatic N) is 1. The average Bonchev–Trinajstić information content (AvgIpc) is 2.02. The molecule has 1 aromatic rings. The Hall–Kier alpha value is -1.13. The Morgan fingerprint density at radius 3 is 2.31 bits per heavy atom. The molecule has 72 valence electrons. The summed E-state index contributed by atoms with van der Waals surface area (Å²) < 4.78 is 0. The number of hydrogen-bond acceptors (Lipinski definition) is 4. The summed E-state index contributed by atoms with van der Waals surface area (Å²) in [6, 6.07) is 1.66. The molecule has 1 aromatic heterocycles. The number of nitrogen functional groups attached to an aromatic ring is 1. The number of aromatic nitrogens is 1. The van der Waals surface area contributed by atoms with Gasteiger partial charge in [-0.2, -0.15) is 0 Å². The molecule has 4 heteroatoms. The van der Waals surface area contributed by atoms with Crippen molar-refractivity contribution in [3.63, 3.8) is 0 Å². The maximum Gasteiger partial charge on any atom is 0.129 e. The monoisotopic (exact) mass is 182 g/mol.